The molecule has 0 aliphatic heterocycles. The predicted molar refractivity (Wildman–Crippen MR) is 79.0 cm³/mol. The molecule has 2 aromatic rings. The fraction of sp³-hybridized carbons (Fsp3) is 0.200. The molecule has 0 saturated carbocycles. The minimum atomic E-state index is -0.431. The van der Waals surface area contributed by atoms with E-state index in [0.29, 0.717) is 16.6 Å². The zero-order valence-electron chi connectivity index (χ0n) is 10.8. The molecule has 0 radical (unpaired) electrons. The summed E-state index contributed by atoms with van der Waals surface area (Å²) < 4.78 is 13.7. The second-order valence-corrected chi connectivity index (χ2v) is 5.29. The second kappa shape index (κ2) is 7.14. The monoisotopic (exact) mass is 336 g/mol. The van der Waals surface area contributed by atoms with Gasteiger partial charge in [0, 0.05) is 29.0 Å². The van der Waals surface area contributed by atoms with Crippen molar-refractivity contribution in [2.75, 3.05) is 6.54 Å². The SMILES string of the molecule is O=C(NCCCc1cccnc1)c1cc(F)cc(Br)c1. The molecule has 3 nitrogen and oxygen atoms in total. The standard InChI is InChI=1S/C15H14BrFN2O/c16-13-7-12(8-14(17)9-13)15(20)19-6-2-4-11-3-1-5-18-10-11/h1,3,5,7-10H,2,4,6H2,(H,19,20). The Morgan fingerprint density at radius 3 is 2.90 bits per heavy atom. The van der Waals surface area contributed by atoms with Gasteiger partial charge in [-0.3, -0.25) is 9.78 Å². The Balaban J connectivity index is 1.80. The molecule has 0 spiro atoms. The van der Waals surface area contributed by atoms with Crippen molar-refractivity contribution >= 4 is 21.8 Å². The number of carbonyl (C=O) groups is 1. The average Bonchev–Trinajstić information content (AvgIpc) is 2.43. The van der Waals surface area contributed by atoms with Crippen LogP contribution in [0.15, 0.2) is 47.2 Å². The zero-order valence-corrected chi connectivity index (χ0v) is 12.4. The van der Waals surface area contributed by atoms with Crippen LogP contribution in [0, 0.1) is 5.82 Å². The van der Waals surface area contributed by atoms with Crippen LogP contribution in [0.2, 0.25) is 0 Å². The van der Waals surface area contributed by atoms with Crippen molar-refractivity contribution < 1.29 is 9.18 Å². The molecule has 0 atom stereocenters. The minimum absolute atomic E-state index is 0.267. The van der Waals surface area contributed by atoms with E-state index in [9.17, 15) is 9.18 Å². The first-order valence-electron chi connectivity index (χ1n) is 6.28. The van der Waals surface area contributed by atoms with E-state index in [1.165, 1.54) is 12.1 Å². The Morgan fingerprint density at radius 1 is 1.35 bits per heavy atom. The molecular weight excluding hydrogens is 323 g/mol. The number of benzene rings is 1. The fourth-order valence-corrected chi connectivity index (χ4v) is 2.29. The summed E-state index contributed by atoms with van der Waals surface area (Å²) in [4.78, 5) is 15.9. The topological polar surface area (TPSA) is 42.0 Å². The quantitative estimate of drug-likeness (QED) is 0.851. The van der Waals surface area contributed by atoms with Crippen LogP contribution in [0.3, 0.4) is 0 Å². The van der Waals surface area contributed by atoms with Gasteiger partial charge >= 0.3 is 0 Å². The number of aromatic nitrogens is 1. The summed E-state index contributed by atoms with van der Waals surface area (Å²) >= 11 is 3.17. The first kappa shape index (κ1) is 14.7. The molecule has 0 aliphatic carbocycles. The van der Waals surface area contributed by atoms with Gasteiger partial charge in [-0.15, -0.1) is 0 Å². The number of rotatable bonds is 5. The molecule has 1 heterocycles. The van der Waals surface area contributed by atoms with Crippen LogP contribution in [-0.4, -0.2) is 17.4 Å². The lowest BCUT2D eigenvalue weighted by molar-refractivity contribution is 0.0952. The van der Waals surface area contributed by atoms with Crippen molar-refractivity contribution in [1.29, 1.82) is 0 Å². The Morgan fingerprint density at radius 2 is 2.20 bits per heavy atom. The molecule has 0 saturated heterocycles. The highest BCUT2D eigenvalue weighted by Gasteiger charge is 2.07. The highest BCUT2D eigenvalue weighted by molar-refractivity contribution is 9.10. The number of nitrogens with one attached hydrogen (secondary N) is 1. The van der Waals surface area contributed by atoms with E-state index in [1.54, 1.807) is 12.3 Å². The molecule has 1 aromatic heterocycles. The number of halogens is 2. The van der Waals surface area contributed by atoms with E-state index in [2.05, 4.69) is 26.2 Å². The number of amides is 1. The summed E-state index contributed by atoms with van der Waals surface area (Å²) in [6.45, 7) is 0.544. The van der Waals surface area contributed by atoms with Crippen molar-refractivity contribution in [1.82, 2.24) is 10.3 Å². The van der Waals surface area contributed by atoms with Gasteiger partial charge in [0.1, 0.15) is 5.82 Å². The first-order chi connectivity index (χ1) is 9.65. The summed E-state index contributed by atoms with van der Waals surface area (Å²) in [6.07, 6.45) is 5.20. The third kappa shape index (κ3) is 4.42. The first-order valence-corrected chi connectivity index (χ1v) is 7.07. The molecule has 20 heavy (non-hydrogen) atoms. The van der Waals surface area contributed by atoms with Crippen LogP contribution >= 0.6 is 15.9 Å². The maximum Gasteiger partial charge on any atom is 0.251 e. The summed E-state index contributed by atoms with van der Waals surface area (Å²) in [7, 11) is 0. The lowest BCUT2D eigenvalue weighted by Gasteiger charge is -2.06. The van der Waals surface area contributed by atoms with E-state index in [1.807, 2.05) is 18.3 Å². The largest absolute Gasteiger partial charge is 0.352 e. The van der Waals surface area contributed by atoms with E-state index >= 15 is 0 Å². The Hall–Kier alpha value is -1.75. The number of pyridine rings is 1. The van der Waals surface area contributed by atoms with Gasteiger partial charge in [-0.1, -0.05) is 22.0 Å². The number of hydrogen-bond donors (Lipinski definition) is 1. The fourth-order valence-electron chi connectivity index (χ4n) is 1.83. The molecular formula is C15H14BrFN2O. The van der Waals surface area contributed by atoms with Gasteiger partial charge in [-0.2, -0.15) is 0 Å². The minimum Gasteiger partial charge on any atom is -0.352 e. The van der Waals surface area contributed by atoms with Gasteiger partial charge < -0.3 is 5.32 Å². The summed E-state index contributed by atoms with van der Waals surface area (Å²) in [5.74, 6) is -0.698. The molecule has 0 aliphatic rings. The third-order valence-electron chi connectivity index (χ3n) is 2.78. The van der Waals surface area contributed by atoms with Crippen molar-refractivity contribution in [3.8, 4) is 0 Å². The number of hydrogen-bond acceptors (Lipinski definition) is 2. The predicted octanol–water partition coefficient (Wildman–Crippen LogP) is 3.35. The van der Waals surface area contributed by atoms with Gasteiger partial charge in [0.25, 0.3) is 5.91 Å². The lowest BCUT2D eigenvalue weighted by atomic mass is 10.1. The Labute approximate surface area is 125 Å². The van der Waals surface area contributed by atoms with Crippen molar-refractivity contribution in [3.63, 3.8) is 0 Å². The average molecular weight is 337 g/mol. The van der Waals surface area contributed by atoms with E-state index in [-0.39, 0.29) is 5.91 Å². The number of aryl methyl sites for hydroxylation is 1. The van der Waals surface area contributed by atoms with Gasteiger partial charge in [-0.05, 0) is 42.7 Å². The maximum absolute atomic E-state index is 13.2. The zero-order chi connectivity index (χ0) is 14.4. The molecule has 1 aromatic carbocycles. The Kier molecular flexibility index (Phi) is 5.24. The number of carbonyl (C=O) groups excluding carboxylic acids is 1. The van der Waals surface area contributed by atoms with Crippen LogP contribution in [0.5, 0.6) is 0 Å². The van der Waals surface area contributed by atoms with Crippen LogP contribution in [0.4, 0.5) is 4.39 Å². The van der Waals surface area contributed by atoms with E-state index < -0.39 is 5.82 Å². The molecule has 0 fully saturated rings. The summed E-state index contributed by atoms with van der Waals surface area (Å²) in [6, 6.07) is 8.02. The summed E-state index contributed by atoms with van der Waals surface area (Å²) in [5, 5.41) is 2.78. The van der Waals surface area contributed by atoms with Crippen molar-refractivity contribution in [3.05, 3.63) is 64.1 Å². The Bertz CT molecular complexity index is 569. The van der Waals surface area contributed by atoms with E-state index in [0.717, 1.165) is 18.4 Å². The van der Waals surface area contributed by atoms with E-state index in [4.69, 9.17) is 0 Å². The van der Waals surface area contributed by atoms with Crippen LogP contribution in [0.1, 0.15) is 22.3 Å². The molecule has 1 amide bonds. The molecule has 5 heteroatoms. The van der Waals surface area contributed by atoms with Gasteiger partial charge in [-0.25, -0.2) is 4.39 Å². The van der Waals surface area contributed by atoms with Crippen LogP contribution < -0.4 is 5.32 Å². The molecule has 1 N–H and O–H groups in total. The lowest BCUT2D eigenvalue weighted by Crippen LogP contribution is -2.24. The summed E-state index contributed by atoms with van der Waals surface area (Å²) in [5.41, 5.74) is 1.45. The normalized spacial score (nSPS) is 10.3. The molecule has 0 unspecified atom stereocenters. The molecule has 0 bridgehead atoms. The molecule has 104 valence electrons. The van der Waals surface area contributed by atoms with Crippen LogP contribution in [0.25, 0.3) is 0 Å². The third-order valence-corrected chi connectivity index (χ3v) is 3.23. The van der Waals surface area contributed by atoms with Gasteiger partial charge in [0.2, 0.25) is 0 Å². The van der Waals surface area contributed by atoms with Crippen LogP contribution in [-0.2, 0) is 6.42 Å². The molecule has 2 rings (SSSR count). The highest BCUT2D eigenvalue weighted by Crippen LogP contribution is 2.14. The smallest absolute Gasteiger partial charge is 0.251 e. The van der Waals surface area contributed by atoms with Crippen molar-refractivity contribution in [2.45, 2.75) is 12.8 Å². The van der Waals surface area contributed by atoms with Crippen molar-refractivity contribution in [2.24, 2.45) is 0 Å². The second-order valence-electron chi connectivity index (χ2n) is 4.38. The number of nitrogens with zero attached hydrogens (tertiary/aromatic N) is 1. The van der Waals surface area contributed by atoms with Gasteiger partial charge in [0.15, 0.2) is 0 Å². The highest BCUT2D eigenvalue weighted by atomic mass is 79.9. The van der Waals surface area contributed by atoms with Gasteiger partial charge in [0.05, 0.1) is 0 Å². The maximum atomic E-state index is 13.2.